The van der Waals surface area contributed by atoms with Crippen LogP contribution in [0.25, 0.3) is 0 Å². The monoisotopic (exact) mass is 278 g/mol. The number of nitrogens with two attached hydrogens (primary N) is 1. The number of hydrogen-bond donors (Lipinski definition) is 1. The average Bonchev–Trinajstić information content (AvgIpc) is 2.75. The molecule has 1 heterocycles. The first-order valence-corrected chi connectivity index (χ1v) is 8.58. The van der Waals surface area contributed by atoms with Gasteiger partial charge >= 0.3 is 0 Å². The summed E-state index contributed by atoms with van der Waals surface area (Å²) in [5.74, 6) is 0. The standard InChI is InChI=1S/C16H26N2S/c1-15(2)8-5-9-16(17,11-10-15)14-18-12-6-3-4-7-13(12)19-14/h3-11,17H2,1-2H3. The number of rotatable bonds is 1. The van der Waals surface area contributed by atoms with Crippen LogP contribution in [-0.4, -0.2) is 4.98 Å². The molecule has 2 nitrogen and oxygen atoms in total. The number of hydrogen-bond acceptors (Lipinski definition) is 3. The Kier molecular flexibility index (Phi) is 3.46. The molecule has 2 N–H and O–H groups in total. The highest BCUT2D eigenvalue weighted by Gasteiger charge is 2.36. The van der Waals surface area contributed by atoms with E-state index in [9.17, 15) is 0 Å². The molecule has 1 aromatic heterocycles. The van der Waals surface area contributed by atoms with Crippen LogP contribution in [0.3, 0.4) is 0 Å². The van der Waals surface area contributed by atoms with Gasteiger partial charge in [-0.1, -0.05) is 20.3 Å². The SMILES string of the molecule is CC1(C)CCCC(N)(c2nc3c(s2)CCCC3)CC1. The van der Waals surface area contributed by atoms with E-state index in [0.717, 1.165) is 12.8 Å². The molecule has 2 aliphatic carbocycles. The van der Waals surface area contributed by atoms with Crippen molar-refractivity contribution in [3.05, 3.63) is 15.6 Å². The third kappa shape index (κ3) is 2.73. The predicted molar refractivity (Wildman–Crippen MR) is 81.5 cm³/mol. The van der Waals surface area contributed by atoms with Crippen LogP contribution >= 0.6 is 11.3 Å². The lowest BCUT2D eigenvalue weighted by atomic mass is 9.84. The zero-order chi connectivity index (χ0) is 13.5. The zero-order valence-corrected chi connectivity index (χ0v) is 13.1. The molecule has 1 aromatic rings. The van der Waals surface area contributed by atoms with Gasteiger partial charge in [-0.15, -0.1) is 11.3 Å². The Labute approximate surface area is 120 Å². The summed E-state index contributed by atoms with van der Waals surface area (Å²) in [6.07, 6.45) is 11.0. The van der Waals surface area contributed by atoms with Gasteiger partial charge in [-0.25, -0.2) is 4.98 Å². The van der Waals surface area contributed by atoms with Gasteiger partial charge in [0.1, 0.15) is 5.01 Å². The van der Waals surface area contributed by atoms with E-state index in [4.69, 9.17) is 10.7 Å². The molecular weight excluding hydrogens is 252 g/mol. The maximum absolute atomic E-state index is 6.76. The second-order valence-electron chi connectivity index (χ2n) is 7.27. The molecule has 2 aliphatic rings. The summed E-state index contributed by atoms with van der Waals surface area (Å²) in [7, 11) is 0. The zero-order valence-electron chi connectivity index (χ0n) is 12.3. The lowest BCUT2D eigenvalue weighted by molar-refractivity contribution is 0.299. The summed E-state index contributed by atoms with van der Waals surface area (Å²) in [6, 6.07) is 0. The van der Waals surface area contributed by atoms with Crippen molar-refractivity contribution in [1.29, 1.82) is 0 Å². The molecule has 0 spiro atoms. The summed E-state index contributed by atoms with van der Waals surface area (Å²) in [5, 5.41) is 1.23. The van der Waals surface area contributed by atoms with E-state index in [1.807, 2.05) is 11.3 Å². The van der Waals surface area contributed by atoms with E-state index in [0.29, 0.717) is 5.41 Å². The van der Waals surface area contributed by atoms with Gasteiger partial charge < -0.3 is 5.73 Å². The number of nitrogens with zero attached hydrogens (tertiary/aromatic N) is 1. The van der Waals surface area contributed by atoms with Gasteiger partial charge in [-0.2, -0.15) is 0 Å². The number of thiazole rings is 1. The van der Waals surface area contributed by atoms with Crippen LogP contribution in [0.4, 0.5) is 0 Å². The maximum atomic E-state index is 6.76. The Morgan fingerprint density at radius 1 is 1.00 bits per heavy atom. The second kappa shape index (κ2) is 4.85. The van der Waals surface area contributed by atoms with E-state index in [1.165, 1.54) is 60.5 Å². The lowest BCUT2D eigenvalue weighted by Gasteiger charge is -2.27. The summed E-state index contributed by atoms with van der Waals surface area (Å²) in [4.78, 5) is 6.45. The van der Waals surface area contributed by atoms with Crippen molar-refractivity contribution in [3.63, 3.8) is 0 Å². The maximum Gasteiger partial charge on any atom is 0.113 e. The Morgan fingerprint density at radius 3 is 2.58 bits per heavy atom. The van der Waals surface area contributed by atoms with E-state index in [2.05, 4.69) is 13.8 Å². The normalized spacial score (nSPS) is 30.7. The second-order valence-corrected chi connectivity index (χ2v) is 8.35. The van der Waals surface area contributed by atoms with Crippen molar-refractivity contribution in [3.8, 4) is 0 Å². The molecule has 1 fully saturated rings. The van der Waals surface area contributed by atoms with Crippen LogP contribution in [-0.2, 0) is 18.4 Å². The number of aryl methyl sites for hydroxylation is 2. The molecule has 0 saturated heterocycles. The van der Waals surface area contributed by atoms with Gasteiger partial charge in [0.05, 0.1) is 11.2 Å². The van der Waals surface area contributed by atoms with E-state index in [-0.39, 0.29) is 5.54 Å². The van der Waals surface area contributed by atoms with Gasteiger partial charge in [-0.05, 0) is 56.8 Å². The van der Waals surface area contributed by atoms with Crippen LogP contribution < -0.4 is 5.73 Å². The lowest BCUT2D eigenvalue weighted by Crippen LogP contribution is -2.36. The Balaban J connectivity index is 1.85. The third-order valence-electron chi connectivity index (χ3n) is 5.00. The van der Waals surface area contributed by atoms with Crippen molar-refractivity contribution in [2.24, 2.45) is 11.1 Å². The van der Waals surface area contributed by atoms with Crippen molar-refractivity contribution in [1.82, 2.24) is 4.98 Å². The van der Waals surface area contributed by atoms with Crippen molar-refractivity contribution >= 4 is 11.3 Å². The van der Waals surface area contributed by atoms with E-state index in [1.54, 1.807) is 0 Å². The van der Waals surface area contributed by atoms with Crippen molar-refractivity contribution < 1.29 is 0 Å². The van der Waals surface area contributed by atoms with Gasteiger partial charge in [0, 0.05) is 4.88 Å². The summed E-state index contributed by atoms with van der Waals surface area (Å²) in [6.45, 7) is 4.76. The van der Waals surface area contributed by atoms with Crippen LogP contribution in [0.1, 0.15) is 74.4 Å². The summed E-state index contributed by atoms with van der Waals surface area (Å²) < 4.78 is 0. The molecule has 0 aliphatic heterocycles. The number of fused-ring (bicyclic) bond motifs is 1. The molecule has 0 radical (unpaired) electrons. The Bertz CT molecular complexity index is 440. The fourth-order valence-electron chi connectivity index (χ4n) is 3.47. The largest absolute Gasteiger partial charge is 0.319 e. The van der Waals surface area contributed by atoms with Gasteiger partial charge in [0.2, 0.25) is 0 Å². The topological polar surface area (TPSA) is 38.9 Å². The molecule has 1 unspecified atom stereocenters. The Hall–Kier alpha value is -0.410. The minimum atomic E-state index is -0.143. The van der Waals surface area contributed by atoms with Crippen LogP contribution in [0, 0.1) is 5.41 Å². The molecule has 19 heavy (non-hydrogen) atoms. The van der Waals surface area contributed by atoms with Crippen molar-refractivity contribution in [2.75, 3.05) is 0 Å². The van der Waals surface area contributed by atoms with Crippen LogP contribution in [0.2, 0.25) is 0 Å². The third-order valence-corrected chi connectivity index (χ3v) is 6.37. The molecule has 3 heteroatoms. The van der Waals surface area contributed by atoms with Crippen LogP contribution in [0.15, 0.2) is 0 Å². The van der Waals surface area contributed by atoms with E-state index < -0.39 is 0 Å². The summed E-state index contributed by atoms with van der Waals surface area (Å²) >= 11 is 1.91. The highest BCUT2D eigenvalue weighted by molar-refractivity contribution is 7.11. The molecule has 0 bridgehead atoms. The minimum Gasteiger partial charge on any atom is -0.319 e. The van der Waals surface area contributed by atoms with Gasteiger partial charge in [0.15, 0.2) is 0 Å². The van der Waals surface area contributed by atoms with Gasteiger partial charge in [-0.3, -0.25) is 0 Å². The average molecular weight is 278 g/mol. The predicted octanol–water partition coefficient (Wildman–Crippen LogP) is 4.17. The fraction of sp³-hybridized carbons (Fsp3) is 0.812. The molecule has 0 amide bonds. The number of aromatic nitrogens is 1. The quantitative estimate of drug-likeness (QED) is 0.783. The first-order chi connectivity index (χ1) is 8.99. The smallest absolute Gasteiger partial charge is 0.113 e. The molecule has 1 saturated carbocycles. The molecule has 1 atom stereocenters. The Morgan fingerprint density at radius 2 is 1.79 bits per heavy atom. The first kappa shape index (κ1) is 13.6. The summed E-state index contributed by atoms with van der Waals surface area (Å²) in [5.41, 5.74) is 8.44. The van der Waals surface area contributed by atoms with Gasteiger partial charge in [0.25, 0.3) is 0 Å². The molecule has 0 aromatic carbocycles. The fourth-order valence-corrected chi connectivity index (χ4v) is 4.78. The molecule has 106 valence electrons. The molecule has 3 rings (SSSR count). The minimum absolute atomic E-state index is 0.143. The highest BCUT2D eigenvalue weighted by Crippen LogP contribution is 2.43. The van der Waals surface area contributed by atoms with Crippen LogP contribution in [0.5, 0.6) is 0 Å². The first-order valence-electron chi connectivity index (χ1n) is 7.77. The molecular formula is C16H26N2S. The van der Waals surface area contributed by atoms with E-state index >= 15 is 0 Å². The van der Waals surface area contributed by atoms with Crippen molar-refractivity contribution in [2.45, 2.75) is 77.2 Å². The highest BCUT2D eigenvalue weighted by atomic mass is 32.1.